The van der Waals surface area contributed by atoms with Gasteiger partial charge >= 0.3 is 0 Å². The van der Waals surface area contributed by atoms with E-state index in [1.807, 2.05) is 13.1 Å². The number of aliphatic imine (C=N–C) groups is 2. The van der Waals surface area contributed by atoms with Crippen LogP contribution in [0.3, 0.4) is 0 Å². The molecule has 28 heavy (non-hydrogen) atoms. The number of benzene rings is 1. The first-order chi connectivity index (χ1) is 13.5. The fraction of sp³-hybridized carbons (Fsp3) is 0.333. The highest BCUT2D eigenvalue weighted by Crippen LogP contribution is 2.34. The van der Waals surface area contributed by atoms with Crippen molar-refractivity contribution >= 4 is 12.1 Å². The highest BCUT2D eigenvalue weighted by atomic mass is 15.3. The maximum Gasteiger partial charge on any atom is 0.152 e. The van der Waals surface area contributed by atoms with Crippen molar-refractivity contribution < 1.29 is 0 Å². The van der Waals surface area contributed by atoms with Crippen LogP contribution in [0.1, 0.15) is 30.5 Å². The molecule has 0 fully saturated rings. The molecule has 0 aromatic heterocycles. The van der Waals surface area contributed by atoms with Crippen LogP contribution in [0, 0.1) is 6.92 Å². The first-order valence-electron chi connectivity index (χ1n) is 9.93. The molecule has 4 rings (SSSR count). The first-order valence-corrected chi connectivity index (χ1v) is 9.93. The third kappa shape index (κ3) is 3.13. The topological polar surface area (TPSA) is 40.0 Å². The van der Waals surface area contributed by atoms with Gasteiger partial charge in [-0.1, -0.05) is 36.4 Å². The molecule has 0 saturated heterocycles. The molecule has 1 aliphatic carbocycles. The van der Waals surface area contributed by atoms with Crippen molar-refractivity contribution in [2.45, 2.75) is 45.2 Å². The lowest BCUT2D eigenvalue weighted by Crippen LogP contribution is -2.49. The van der Waals surface area contributed by atoms with Gasteiger partial charge in [-0.3, -0.25) is 9.98 Å². The summed E-state index contributed by atoms with van der Waals surface area (Å²) >= 11 is 0. The molecule has 0 amide bonds. The number of aryl methyl sites for hydroxylation is 1. The Kier molecular flexibility index (Phi) is 4.80. The molecule has 2 unspecified atom stereocenters. The summed E-state index contributed by atoms with van der Waals surface area (Å²) in [5.41, 5.74) is 6.28. The summed E-state index contributed by atoms with van der Waals surface area (Å²) in [6.07, 6.45) is 14.1. The van der Waals surface area contributed by atoms with Crippen LogP contribution in [0.4, 0.5) is 0 Å². The summed E-state index contributed by atoms with van der Waals surface area (Å²) in [4.78, 5) is 11.4. The lowest BCUT2D eigenvalue weighted by Gasteiger charge is -2.37. The molecule has 3 aliphatic rings. The Hall–Kier alpha value is -2.88. The molecular weight excluding hydrogens is 344 g/mol. The van der Waals surface area contributed by atoms with Crippen LogP contribution in [0.25, 0.3) is 0 Å². The minimum atomic E-state index is -0.232. The summed E-state index contributed by atoms with van der Waals surface area (Å²) in [5.74, 6) is 1.02. The van der Waals surface area contributed by atoms with E-state index < -0.39 is 0 Å². The number of nitrogens with one attached hydrogen (secondary N) is 1. The Morgan fingerprint density at radius 3 is 2.96 bits per heavy atom. The van der Waals surface area contributed by atoms with Crippen LogP contribution >= 0.6 is 0 Å². The normalized spacial score (nSPS) is 26.2. The van der Waals surface area contributed by atoms with Gasteiger partial charge in [0, 0.05) is 24.7 Å². The summed E-state index contributed by atoms with van der Waals surface area (Å²) in [6.45, 7) is 10.8. The van der Waals surface area contributed by atoms with Gasteiger partial charge in [-0.25, -0.2) is 0 Å². The Bertz CT molecular complexity index is 947. The van der Waals surface area contributed by atoms with Crippen molar-refractivity contribution in [3.05, 3.63) is 83.4 Å². The number of hydrogen-bond acceptors (Lipinski definition) is 4. The minimum Gasteiger partial charge on any atom is -0.379 e. The van der Waals surface area contributed by atoms with Crippen LogP contribution in [0.5, 0.6) is 0 Å². The van der Waals surface area contributed by atoms with Crippen molar-refractivity contribution in [1.82, 2.24) is 10.2 Å². The zero-order valence-electron chi connectivity index (χ0n) is 16.9. The molecule has 0 saturated carbocycles. The average Bonchev–Trinajstić information content (AvgIpc) is 3.24. The van der Waals surface area contributed by atoms with E-state index in [-0.39, 0.29) is 5.54 Å². The van der Waals surface area contributed by atoms with Gasteiger partial charge in [0.15, 0.2) is 5.84 Å². The van der Waals surface area contributed by atoms with Gasteiger partial charge in [0.25, 0.3) is 0 Å². The Balaban J connectivity index is 1.52. The molecule has 4 nitrogen and oxygen atoms in total. The standard InChI is InChI=1S/C24H28N4/c1-5-20(15-25-6-2)24(4)16-26-23-22(8-7-11-28(23)24)27-21-13-18-10-9-17(3)12-19(18)14-21/h5-12,15,21,27H,2,13-14,16H2,1,3-4H3/b20-5+,25-15?. The van der Waals surface area contributed by atoms with Gasteiger partial charge in [0.05, 0.1) is 17.8 Å². The third-order valence-corrected chi connectivity index (χ3v) is 5.94. The molecule has 144 valence electrons. The maximum absolute atomic E-state index is 4.91. The fourth-order valence-corrected chi connectivity index (χ4v) is 4.43. The molecule has 4 heteroatoms. The van der Waals surface area contributed by atoms with Crippen molar-refractivity contribution in [2.75, 3.05) is 6.54 Å². The van der Waals surface area contributed by atoms with Crippen molar-refractivity contribution in [3.63, 3.8) is 0 Å². The molecule has 2 atom stereocenters. The summed E-state index contributed by atoms with van der Waals surface area (Å²) in [6, 6.07) is 7.21. The molecule has 2 heterocycles. The predicted octanol–water partition coefficient (Wildman–Crippen LogP) is 4.10. The smallest absolute Gasteiger partial charge is 0.152 e. The second-order valence-electron chi connectivity index (χ2n) is 7.93. The predicted molar refractivity (Wildman–Crippen MR) is 118 cm³/mol. The number of amidine groups is 1. The highest BCUT2D eigenvalue weighted by molar-refractivity contribution is 6.03. The lowest BCUT2D eigenvalue weighted by molar-refractivity contribution is 0.352. The highest BCUT2D eigenvalue weighted by Gasteiger charge is 2.42. The molecule has 0 radical (unpaired) electrons. The van der Waals surface area contributed by atoms with E-state index in [0.717, 1.165) is 29.9 Å². The Morgan fingerprint density at radius 2 is 2.18 bits per heavy atom. The zero-order valence-corrected chi connectivity index (χ0v) is 16.9. The second kappa shape index (κ2) is 7.27. The average molecular weight is 373 g/mol. The Labute approximate surface area is 167 Å². The molecular formula is C24H28N4. The largest absolute Gasteiger partial charge is 0.379 e. The van der Waals surface area contributed by atoms with Crippen molar-refractivity contribution in [1.29, 1.82) is 0 Å². The van der Waals surface area contributed by atoms with E-state index >= 15 is 0 Å². The van der Waals surface area contributed by atoms with E-state index in [1.165, 1.54) is 16.7 Å². The van der Waals surface area contributed by atoms with E-state index in [2.05, 4.69) is 78.3 Å². The number of fused-ring (bicyclic) bond motifs is 2. The summed E-state index contributed by atoms with van der Waals surface area (Å²) in [5, 5.41) is 3.76. The van der Waals surface area contributed by atoms with E-state index in [4.69, 9.17) is 4.99 Å². The van der Waals surface area contributed by atoms with E-state index in [0.29, 0.717) is 12.6 Å². The zero-order chi connectivity index (χ0) is 19.7. The van der Waals surface area contributed by atoms with Gasteiger partial charge in [-0.15, -0.1) is 0 Å². The van der Waals surface area contributed by atoms with Crippen LogP contribution in [-0.2, 0) is 12.8 Å². The molecule has 1 aromatic rings. The molecule has 0 bridgehead atoms. The van der Waals surface area contributed by atoms with Crippen LogP contribution < -0.4 is 5.32 Å². The lowest BCUT2D eigenvalue weighted by atomic mass is 9.90. The number of allylic oxidation sites excluding steroid dienone is 3. The van der Waals surface area contributed by atoms with Crippen molar-refractivity contribution in [2.24, 2.45) is 9.98 Å². The summed E-state index contributed by atoms with van der Waals surface area (Å²) < 4.78 is 0. The van der Waals surface area contributed by atoms with Gasteiger partial charge in [0.1, 0.15) is 0 Å². The van der Waals surface area contributed by atoms with Crippen LogP contribution in [0.2, 0.25) is 0 Å². The van der Waals surface area contributed by atoms with Crippen molar-refractivity contribution in [3.8, 4) is 0 Å². The Morgan fingerprint density at radius 1 is 1.36 bits per heavy atom. The van der Waals surface area contributed by atoms with Gasteiger partial charge < -0.3 is 10.2 Å². The van der Waals surface area contributed by atoms with Crippen LogP contribution in [0.15, 0.2) is 76.7 Å². The number of rotatable bonds is 5. The maximum atomic E-state index is 4.91. The number of nitrogens with zero attached hydrogens (tertiary/aromatic N) is 3. The van der Waals surface area contributed by atoms with E-state index in [1.54, 1.807) is 6.20 Å². The first kappa shape index (κ1) is 18.5. The third-order valence-electron chi connectivity index (χ3n) is 5.94. The van der Waals surface area contributed by atoms with Gasteiger partial charge in [-0.2, -0.15) is 0 Å². The van der Waals surface area contributed by atoms with Crippen LogP contribution in [-0.4, -0.2) is 35.1 Å². The van der Waals surface area contributed by atoms with Gasteiger partial charge in [0.2, 0.25) is 0 Å². The summed E-state index contributed by atoms with van der Waals surface area (Å²) in [7, 11) is 0. The molecule has 1 aromatic carbocycles. The minimum absolute atomic E-state index is 0.232. The molecule has 0 spiro atoms. The molecule has 1 N–H and O–H groups in total. The monoisotopic (exact) mass is 372 g/mol. The quantitative estimate of drug-likeness (QED) is 0.791. The molecule has 2 aliphatic heterocycles. The second-order valence-corrected chi connectivity index (χ2v) is 7.93. The SMILES string of the molecule is C=CN=C/C(=C\C)C1(C)CN=C2C(NC3Cc4ccc(C)cc4C3)=CC=CN21. The fourth-order valence-electron chi connectivity index (χ4n) is 4.43. The van der Waals surface area contributed by atoms with Gasteiger partial charge in [-0.05, 0) is 62.5 Å². The van der Waals surface area contributed by atoms with E-state index in [9.17, 15) is 0 Å². The number of hydrogen-bond donors (Lipinski definition) is 1.